The number of esters is 1. The van der Waals surface area contributed by atoms with E-state index in [1.54, 1.807) is 4.90 Å². The molecule has 9 heteroatoms. The quantitative estimate of drug-likeness (QED) is 0.754. The highest BCUT2D eigenvalue weighted by Crippen LogP contribution is 2.10. The van der Waals surface area contributed by atoms with Crippen LogP contribution in [-0.2, 0) is 24.3 Å². The molecule has 0 spiro atoms. The second-order valence-corrected chi connectivity index (χ2v) is 7.50. The van der Waals surface area contributed by atoms with E-state index in [1.807, 2.05) is 0 Å². The lowest BCUT2D eigenvalue weighted by Crippen LogP contribution is -2.37. The van der Waals surface area contributed by atoms with Gasteiger partial charge in [0.25, 0.3) is 5.91 Å². The predicted octanol–water partition coefficient (Wildman–Crippen LogP) is 1.05. The molecule has 1 saturated heterocycles. The average Bonchev–Trinajstić information content (AvgIpc) is 2.88. The minimum Gasteiger partial charge on any atom is -0.455 e. The second-order valence-electron chi connectivity index (χ2n) is 5.73. The Morgan fingerprint density at radius 3 is 2.28 bits per heavy atom. The SMILES string of the molecule is O=C(CNS(=O)(=O)c1ccc(F)cc1)OCC(=O)N1CCCCCC1. The number of nitrogens with one attached hydrogen (secondary N) is 1. The van der Waals surface area contributed by atoms with E-state index in [9.17, 15) is 22.4 Å². The van der Waals surface area contributed by atoms with Crippen LogP contribution in [0.4, 0.5) is 4.39 Å². The first-order chi connectivity index (χ1) is 11.9. The van der Waals surface area contributed by atoms with Crippen LogP contribution >= 0.6 is 0 Å². The van der Waals surface area contributed by atoms with E-state index in [1.165, 1.54) is 0 Å². The van der Waals surface area contributed by atoms with Crippen LogP contribution in [0, 0.1) is 5.82 Å². The number of hydrogen-bond acceptors (Lipinski definition) is 5. The largest absolute Gasteiger partial charge is 0.455 e. The van der Waals surface area contributed by atoms with Gasteiger partial charge in [-0.1, -0.05) is 12.8 Å². The van der Waals surface area contributed by atoms with Crippen molar-refractivity contribution < 1.29 is 27.1 Å². The standard InChI is InChI=1S/C16H21FN2O5S/c17-13-5-7-14(8-6-13)25(22,23)18-11-16(21)24-12-15(20)19-9-3-1-2-4-10-19/h5-8,18H,1-4,9-12H2. The third-order valence-corrected chi connectivity index (χ3v) is 5.26. The summed E-state index contributed by atoms with van der Waals surface area (Å²) in [5.41, 5.74) is 0. The first-order valence-electron chi connectivity index (χ1n) is 8.07. The highest BCUT2D eigenvalue weighted by atomic mass is 32.2. The first-order valence-corrected chi connectivity index (χ1v) is 9.55. The van der Waals surface area contributed by atoms with Crippen molar-refractivity contribution in [3.05, 3.63) is 30.1 Å². The van der Waals surface area contributed by atoms with Gasteiger partial charge in [-0.25, -0.2) is 12.8 Å². The zero-order chi connectivity index (χ0) is 18.3. The molecule has 1 heterocycles. The van der Waals surface area contributed by atoms with Crippen molar-refractivity contribution in [1.29, 1.82) is 0 Å². The summed E-state index contributed by atoms with van der Waals surface area (Å²) in [6.45, 7) is 0.283. The molecule has 0 aromatic heterocycles. The van der Waals surface area contributed by atoms with Gasteiger partial charge in [0.1, 0.15) is 12.4 Å². The number of halogens is 1. The van der Waals surface area contributed by atoms with Gasteiger partial charge in [-0.2, -0.15) is 4.72 Å². The van der Waals surface area contributed by atoms with Crippen molar-refractivity contribution in [1.82, 2.24) is 9.62 Å². The number of benzene rings is 1. The Bertz CT molecular complexity index is 698. The van der Waals surface area contributed by atoms with E-state index in [4.69, 9.17) is 4.74 Å². The highest BCUT2D eigenvalue weighted by Gasteiger charge is 2.19. The zero-order valence-corrected chi connectivity index (χ0v) is 14.6. The Morgan fingerprint density at radius 1 is 1.08 bits per heavy atom. The Kier molecular flexibility index (Phi) is 6.89. The number of nitrogens with zero attached hydrogens (tertiary/aromatic N) is 1. The lowest BCUT2D eigenvalue weighted by Gasteiger charge is -2.19. The molecule has 1 amide bonds. The summed E-state index contributed by atoms with van der Waals surface area (Å²) in [6.07, 6.45) is 4.01. The van der Waals surface area contributed by atoms with E-state index < -0.39 is 35.0 Å². The summed E-state index contributed by atoms with van der Waals surface area (Å²) in [4.78, 5) is 25.1. The number of carbonyl (C=O) groups is 2. The number of rotatable bonds is 6. The van der Waals surface area contributed by atoms with Crippen molar-refractivity contribution in [2.75, 3.05) is 26.2 Å². The smallest absolute Gasteiger partial charge is 0.321 e. The van der Waals surface area contributed by atoms with E-state index in [0.29, 0.717) is 13.1 Å². The van der Waals surface area contributed by atoms with Crippen molar-refractivity contribution >= 4 is 21.9 Å². The van der Waals surface area contributed by atoms with Gasteiger partial charge >= 0.3 is 5.97 Å². The number of amides is 1. The molecular formula is C16H21FN2O5S. The van der Waals surface area contributed by atoms with Crippen LogP contribution in [0.5, 0.6) is 0 Å². The zero-order valence-electron chi connectivity index (χ0n) is 13.7. The molecule has 25 heavy (non-hydrogen) atoms. The molecule has 1 aromatic carbocycles. The number of likely N-dealkylation sites (tertiary alicyclic amines) is 1. The summed E-state index contributed by atoms with van der Waals surface area (Å²) in [5.74, 6) is -1.70. The Labute approximate surface area is 146 Å². The fourth-order valence-electron chi connectivity index (χ4n) is 2.46. The van der Waals surface area contributed by atoms with Gasteiger partial charge in [0.15, 0.2) is 6.61 Å². The topological polar surface area (TPSA) is 92.8 Å². The minimum absolute atomic E-state index is 0.164. The number of sulfonamides is 1. The van der Waals surface area contributed by atoms with Gasteiger partial charge in [-0.05, 0) is 37.1 Å². The van der Waals surface area contributed by atoms with Crippen molar-refractivity contribution in [3.8, 4) is 0 Å². The first kappa shape index (κ1) is 19.3. The van der Waals surface area contributed by atoms with Crippen molar-refractivity contribution in [3.63, 3.8) is 0 Å². The van der Waals surface area contributed by atoms with Gasteiger partial charge in [-0.15, -0.1) is 0 Å². The molecule has 2 rings (SSSR count). The maximum Gasteiger partial charge on any atom is 0.321 e. The van der Waals surface area contributed by atoms with Gasteiger partial charge in [0.2, 0.25) is 10.0 Å². The Morgan fingerprint density at radius 2 is 1.68 bits per heavy atom. The summed E-state index contributed by atoms with van der Waals surface area (Å²) in [6, 6.07) is 4.19. The minimum atomic E-state index is -3.95. The van der Waals surface area contributed by atoms with Crippen LogP contribution in [0.1, 0.15) is 25.7 Å². The molecule has 7 nitrogen and oxygen atoms in total. The van der Waals surface area contributed by atoms with E-state index in [2.05, 4.69) is 4.72 Å². The fourth-order valence-corrected chi connectivity index (χ4v) is 3.42. The third kappa shape index (κ3) is 6.09. The lowest BCUT2D eigenvalue weighted by atomic mass is 10.2. The molecule has 0 saturated carbocycles. The summed E-state index contributed by atoms with van der Waals surface area (Å²) < 4.78 is 43.6. The lowest BCUT2D eigenvalue weighted by molar-refractivity contribution is -0.151. The van der Waals surface area contributed by atoms with E-state index in [-0.39, 0.29) is 10.8 Å². The summed E-state index contributed by atoms with van der Waals surface area (Å²) >= 11 is 0. The number of carbonyl (C=O) groups excluding carboxylic acids is 2. The third-order valence-electron chi connectivity index (χ3n) is 3.85. The van der Waals surface area contributed by atoms with Crippen LogP contribution in [0.15, 0.2) is 29.2 Å². The van der Waals surface area contributed by atoms with Gasteiger partial charge in [0, 0.05) is 13.1 Å². The monoisotopic (exact) mass is 372 g/mol. The van der Waals surface area contributed by atoms with Crippen molar-refractivity contribution in [2.24, 2.45) is 0 Å². The molecule has 0 bridgehead atoms. The predicted molar refractivity (Wildman–Crippen MR) is 87.6 cm³/mol. The number of ether oxygens (including phenoxy) is 1. The normalized spacial score (nSPS) is 15.5. The molecule has 0 atom stereocenters. The molecular weight excluding hydrogens is 351 g/mol. The molecule has 0 aliphatic carbocycles. The van der Waals surface area contributed by atoms with Crippen LogP contribution < -0.4 is 4.72 Å². The molecule has 0 unspecified atom stereocenters. The second kappa shape index (κ2) is 8.91. The molecule has 1 aliphatic rings. The summed E-state index contributed by atoms with van der Waals surface area (Å²) in [5, 5.41) is 0. The molecule has 1 aliphatic heterocycles. The van der Waals surface area contributed by atoms with Crippen LogP contribution in [0.3, 0.4) is 0 Å². The maximum absolute atomic E-state index is 12.8. The van der Waals surface area contributed by atoms with Gasteiger partial charge in [0.05, 0.1) is 4.90 Å². The van der Waals surface area contributed by atoms with Gasteiger partial charge < -0.3 is 9.64 Å². The van der Waals surface area contributed by atoms with E-state index in [0.717, 1.165) is 49.9 Å². The Balaban J connectivity index is 1.78. The molecule has 1 N–H and O–H groups in total. The summed E-state index contributed by atoms with van der Waals surface area (Å²) in [7, 11) is -3.95. The van der Waals surface area contributed by atoms with Gasteiger partial charge in [-0.3, -0.25) is 9.59 Å². The van der Waals surface area contributed by atoms with Crippen molar-refractivity contribution in [2.45, 2.75) is 30.6 Å². The molecule has 138 valence electrons. The fraction of sp³-hybridized carbons (Fsp3) is 0.500. The average molecular weight is 372 g/mol. The molecule has 1 fully saturated rings. The van der Waals surface area contributed by atoms with Crippen LogP contribution in [0.2, 0.25) is 0 Å². The Hall–Kier alpha value is -2.00. The molecule has 0 radical (unpaired) electrons. The van der Waals surface area contributed by atoms with Crippen LogP contribution in [-0.4, -0.2) is 51.4 Å². The number of hydrogen-bond donors (Lipinski definition) is 1. The van der Waals surface area contributed by atoms with Crippen LogP contribution in [0.25, 0.3) is 0 Å². The highest BCUT2D eigenvalue weighted by molar-refractivity contribution is 7.89. The molecule has 1 aromatic rings. The maximum atomic E-state index is 12.8. The van der Waals surface area contributed by atoms with E-state index >= 15 is 0 Å².